The summed E-state index contributed by atoms with van der Waals surface area (Å²) in [4.78, 5) is 29.8. The third-order valence-electron chi connectivity index (χ3n) is 5.53. The van der Waals surface area contributed by atoms with Gasteiger partial charge in [-0.15, -0.1) is 0 Å². The number of benzene rings is 2. The highest BCUT2D eigenvalue weighted by Gasteiger charge is 2.53. The van der Waals surface area contributed by atoms with E-state index < -0.39 is 18.3 Å². The topological polar surface area (TPSA) is 70.1 Å². The van der Waals surface area contributed by atoms with Gasteiger partial charge in [0, 0.05) is 24.4 Å². The molecule has 6 nitrogen and oxygen atoms in total. The molecule has 0 unspecified atom stereocenters. The van der Waals surface area contributed by atoms with Crippen molar-refractivity contribution < 1.29 is 19.4 Å². The van der Waals surface area contributed by atoms with Crippen LogP contribution in [0.3, 0.4) is 0 Å². The standard InChI is InChI=1S/C24H30N2O4/c1-24(2,3)23-25(4)22(29)20(26(23)21(28)17-9-7-6-8-10-17)19(27)15-16-11-13-18(30-5)14-12-16/h6-14,19-20,23,27H,15H2,1-5H3/t19-,20+,23+/m1/s1. The molecule has 3 rings (SSSR count). The molecule has 2 aromatic rings. The Balaban J connectivity index is 1.96. The minimum Gasteiger partial charge on any atom is -0.497 e. The van der Waals surface area contributed by atoms with Gasteiger partial charge in [-0.05, 0) is 29.8 Å². The van der Waals surface area contributed by atoms with E-state index in [4.69, 9.17) is 4.74 Å². The Morgan fingerprint density at radius 1 is 1.10 bits per heavy atom. The first-order valence-electron chi connectivity index (χ1n) is 10.1. The highest BCUT2D eigenvalue weighted by Crippen LogP contribution is 2.36. The molecule has 1 aliphatic rings. The van der Waals surface area contributed by atoms with Crippen LogP contribution in [0.4, 0.5) is 0 Å². The van der Waals surface area contributed by atoms with Gasteiger partial charge in [0.15, 0.2) is 0 Å². The third-order valence-corrected chi connectivity index (χ3v) is 5.53. The Morgan fingerprint density at radius 3 is 2.23 bits per heavy atom. The Kier molecular flexibility index (Phi) is 6.17. The number of methoxy groups -OCH3 is 1. The average Bonchev–Trinajstić information content (AvgIpc) is 2.99. The summed E-state index contributed by atoms with van der Waals surface area (Å²) in [5.41, 5.74) is 0.977. The van der Waals surface area contributed by atoms with Gasteiger partial charge in [-0.1, -0.05) is 51.1 Å². The molecule has 30 heavy (non-hydrogen) atoms. The number of aliphatic hydroxyl groups is 1. The summed E-state index contributed by atoms with van der Waals surface area (Å²) in [6, 6.07) is 15.3. The van der Waals surface area contributed by atoms with Gasteiger partial charge < -0.3 is 19.6 Å². The van der Waals surface area contributed by atoms with Crippen molar-refractivity contribution in [3.63, 3.8) is 0 Å². The molecule has 0 radical (unpaired) electrons. The van der Waals surface area contributed by atoms with Crippen LogP contribution in [-0.4, -0.2) is 59.2 Å². The van der Waals surface area contributed by atoms with E-state index in [1.807, 2.05) is 51.1 Å². The molecule has 0 bridgehead atoms. The molecule has 2 aromatic carbocycles. The maximum atomic E-state index is 13.5. The van der Waals surface area contributed by atoms with Gasteiger partial charge in [-0.2, -0.15) is 0 Å². The van der Waals surface area contributed by atoms with Crippen molar-refractivity contribution in [3.05, 3.63) is 65.7 Å². The van der Waals surface area contributed by atoms with E-state index in [1.165, 1.54) is 0 Å². The summed E-state index contributed by atoms with van der Waals surface area (Å²) in [5, 5.41) is 11.1. The van der Waals surface area contributed by atoms with Crippen molar-refractivity contribution in [2.75, 3.05) is 14.2 Å². The third kappa shape index (κ3) is 4.19. The Labute approximate surface area is 178 Å². The van der Waals surface area contributed by atoms with E-state index in [-0.39, 0.29) is 23.7 Å². The zero-order chi connectivity index (χ0) is 22.1. The summed E-state index contributed by atoms with van der Waals surface area (Å²) in [7, 11) is 3.29. The Hall–Kier alpha value is -2.86. The largest absolute Gasteiger partial charge is 0.497 e. The van der Waals surface area contributed by atoms with Gasteiger partial charge in [-0.3, -0.25) is 9.59 Å². The summed E-state index contributed by atoms with van der Waals surface area (Å²) in [6.45, 7) is 5.97. The molecule has 3 atom stereocenters. The molecule has 0 spiro atoms. The lowest BCUT2D eigenvalue weighted by Crippen LogP contribution is -2.53. The minimum absolute atomic E-state index is 0.250. The van der Waals surface area contributed by atoms with Gasteiger partial charge >= 0.3 is 0 Å². The second-order valence-corrected chi connectivity index (χ2v) is 8.83. The highest BCUT2D eigenvalue weighted by molar-refractivity contribution is 6.00. The van der Waals surface area contributed by atoms with E-state index in [0.717, 1.165) is 11.3 Å². The summed E-state index contributed by atoms with van der Waals surface area (Å²) < 4.78 is 5.18. The zero-order valence-electron chi connectivity index (χ0n) is 18.2. The number of nitrogens with zero attached hydrogens (tertiary/aromatic N) is 2. The maximum Gasteiger partial charge on any atom is 0.256 e. The lowest BCUT2D eigenvalue weighted by atomic mass is 9.90. The van der Waals surface area contributed by atoms with Gasteiger partial charge in [0.2, 0.25) is 5.91 Å². The van der Waals surface area contributed by atoms with E-state index in [0.29, 0.717) is 5.56 Å². The molecule has 1 heterocycles. The number of aliphatic hydroxyl groups excluding tert-OH is 1. The average molecular weight is 411 g/mol. The molecule has 1 aliphatic heterocycles. The number of likely N-dealkylation sites (N-methyl/N-ethyl adjacent to an activating group) is 1. The van der Waals surface area contributed by atoms with Gasteiger partial charge in [0.25, 0.3) is 5.91 Å². The number of carbonyl (C=O) groups excluding carboxylic acids is 2. The second kappa shape index (κ2) is 8.48. The predicted octanol–water partition coefficient (Wildman–Crippen LogP) is 2.95. The second-order valence-electron chi connectivity index (χ2n) is 8.83. The monoisotopic (exact) mass is 410 g/mol. The molecule has 0 saturated carbocycles. The molecular weight excluding hydrogens is 380 g/mol. The summed E-state index contributed by atoms with van der Waals surface area (Å²) in [5.74, 6) is 0.214. The van der Waals surface area contributed by atoms with Crippen molar-refractivity contribution in [1.29, 1.82) is 0 Å². The molecule has 160 valence electrons. The van der Waals surface area contributed by atoms with Gasteiger partial charge in [0.1, 0.15) is 18.0 Å². The fourth-order valence-electron chi connectivity index (χ4n) is 4.22. The van der Waals surface area contributed by atoms with E-state index in [2.05, 4.69) is 0 Å². The van der Waals surface area contributed by atoms with Crippen LogP contribution in [0.15, 0.2) is 54.6 Å². The van der Waals surface area contributed by atoms with Crippen molar-refractivity contribution in [1.82, 2.24) is 9.80 Å². The molecule has 0 aliphatic carbocycles. The van der Waals surface area contributed by atoms with Crippen LogP contribution in [0.2, 0.25) is 0 Å². The molecule has 6 heteroatoms. The van der Waals surface area contributed by atoms with Crippen LogP contribution in [0, 0.1) is 5.41 Å². The molecule has 2 amide bonds. The van der Waals surface area contributed by atoms with Crippen LogP contribution >= 0.6 is 0 Å². The molecule has 0 aromatic heterocycles. The minimum atomic E-state index is -1.03. The lowest BCUT2D eigenvalue weighted by Gasteiger charge is -2.39. The zero-order valence-corrected chi connectivity index (χ0v) is 18.2. The first-order valence-corrected chi connectivity index (χ1v) is 10.1. The fourth-order valence-corrected chi connectivity index (χ4v) is 4.22. The quantitative estimate of drug-likeness (QED) is 0.823. The Morgan fingerprint density at radius 2 is 1.70 bits per heavy atom. The van der Waals surface area contributed by atoms with Crippen LogP contribution in [0.1, 0.15) is 36.7 Å². The number of rotatable bonds is 5. The van der Waals surface area contributed by atoms with Gasteiger partial charge in [-0.25, -0.2) is 0 Å². The first-order chi connectivity index (χ1) is 14.1. The fraction of sp³-hybridized carbons (Fsp3) is 0.417. The summed E-state index contributed by atoms with van der Waals surface area (Å²) >= 11 is 0. The molecule has 1 N–H and O–H groups in total. The maximum absolute atomic E-state index is 13.5. The van der Waals surface area contributed by atoms with Crippen molar-refractivity contribution in [3.8, 4) is 5.75 Å². The van der Waals surface area contributed by atoms with Crippen molar-refractivity contribution >= 4 is 11.8 Å². The lowest BCUT2D eigenvalue weighted by molar-refractivity contribution is -0.131. The highest BCUT2D eigenvalue weighted by atomic mass is 16.5. The normalized spacial score (nSPS) is 20.4. The smallest absolute Gasteiger partial charge is 0.256 e. The van der Waals surface area contributed by atoms with E-state index >= 15 is 0 Å². The predicted molar refractivity (Wildman–Crippen MR) is 115 cm³/mol. The number of hydrogen-bond acceptors (Lipinski definition) is 4. The van der Waals surface area contributed by atoms with Crippen molar-refractivity contribution in [2.45, 2.75) is 45.5 Å². The number of hydrogen-bond donors (Lipinski definition) is 1. The number of ether oxygens (including phenoxy) is 1. The Bertz CT molecular complexity index is 890. The van der Waals surface area contributed by atoms with Crippen LogP contribution < -0.4 is 4.74 Å². The molecule has 1 saturated heterocycles. The number of carbonyl (C=O) groups is 2. The van der Waals surface area contributed by atoms with E-state index in [9.17, 15) is 14.7 Å². The van der Waals surface area contributed by atoms with Crippen LogP contribution in [0.5, 0.6) is 5.75 Å². The molecular formula is C24H30N2O4. The first kappa shape index (κ1) is 21.8. The molecule has 1 fully saturated rings. The van der Waals surface area contributed by atoms with Crippen LogP contribution in [0.25, 0.3) is 0 Å². The van der Waals surface area contributed by atoms with E-state index in [1.54, 1.807) is 48.2 Å². The summed E-state index contributed by atoms with van der Waals surface area (Å²) in [6.07, 6.45) is -1.24. The van der Waals surface area contributed by atoms with Gasteiger partial charge in [0.05, 0.1) is 13.2 Å². The van der Waals surface area contributed by atoms with Crippen LogP contribution in [-0.2, 0) is 11.2 Å². The van der Waals surface area contributed by atoms with Crippen molar-refractivity contribution in [2.24, 2.45) is 5.41 Å². The number of amides is 2. The SMILES string of the molecule is COc1ccc(C[C@@H](O)[C@H]2C(=O)N(C)[C@H](C(C)(C)C)N2C(=O)c2ccccc2)cc1.